The highest BCUT2D eigenvalue weighted by molar-refractivity contribution is 5.38. The van der Waals surface area contributed by atoms with E-state index in [0.717, 1.165) is 6.42 Å². The Labute approximate surface area is 61.3 Å². The van der Waals surface area contributed by atoms with Gasteiger partial charge in [0.25, 0.3) is 6.47 Å². The highest BCUT2D eigenvalue weighted by atomic mass is 16.6. The highest BCUT2D eigenvalue weighted by Gasteiger charge is 2.22. The van der Waals surface area contributed by atoms with Gasteiger partial charge in [0.15, 0.2) is 0 Å². The van der Waals surface area contributed by atoms with Crippen molar-refractivity contribution in [3.8, 4) is 0 Å². The number of hydrogen-bond acceptors (Lipinski definition) is 3. The van der Waals surface area contributed by atoms with Crippen molar-refractivity contribution < 1.29 is 14.3 Å². The minimum absolute atomic E-state index is 0.447. The second-order valence-electron chi connectivity index (χ2n) is 2.45. The van der Waals surface area contributed by atoms with Crippen LogP contribution in [0.3, 0.4) is 0 Å². The Kier molecular flexibility index (Phi) is 4.03. The minimum atomic E-state index is -0.448. The molecule has 0 saturated carbocycles. The first kappa shape index (κ1) is 9.43. The van der Waals surface area contributed by atoms with Crippen LogP contribution in [0.25, 0.3) is 0 Å². The van der Waals surface area contributed by atoms with E-state index in [1.165, 1.54) is 0 Å². The first-order valence-electron chi connectivity index (χ1n) is 3.29. The van der Waals surface area contributed by atoms with Gasteiger partial charge in [0.1, 0.15) is 5.60 Å². The summed E-state index contributed by atoms with van der Waals surface area (Å²) >= 11 is 0. The maximum Gasteiger partial charge on any atom is 0.293 e. The zero-order chi connectivity index (χ0) is 8.04. The molecule has 0 N–H and O–H groups in total. The summed E-state index contributed by atoms with van der Waals surface area (Å²) in [5.74, 6) is 0. The van der Waals surface area contributed by atoms with E-state index in [0.29, 0.717) is 13.1 Å². The van der Waals surface area contributed by atoms with Gasteiger partial charge in [-0.2, -0.15) is 0 Å². The van der Waals surface area contributed by atoms with E-state index >= 15 is 0 Å². The van der Waals surface area contributed by atoms with Crippen molar-refractivity contribution in [3.63, 3.8) is 0 Å². The average Bonchev–Trinajstić information content (AvgIpc) is 1.89. The van der Waals surface area contributed by atoms with Crippen LogP contribution in [0.5, 0.6) is 0 Å². The molecule has 0 saturated heterocycles. The lowest BCUT2D eigenvalue weighted by Crippen LogP contribution is -2.32. The molecule has 0 fully saturated rings. The quantitative estimate of drug-likeness (QED) is 0.542. The van der Waals surface area contributed by atoms with Crippen LogP contribution in [0.4, 0.5) is 0 Å². The fraction of sp³-hybridized carbons (Fsp3) is 0.857. The molecule has 0 aromatic rings. The molecule has 0 heterocycles. The predicted octanol–water partition coefficient (Wildman–Crippen LogP) is 0.974. The number of methoxy groups -OCH3 is 1. The average molecular weight is 146 g/mol. The Morgan fingerprint density at radius 3 is 2.50 bits per heavy atom. The number of rotatable bonds is 5. The van der Waals surface area contributed by atoms with Gasteiger partial charge in [-0.15, -0.1) is 0 Å². The van der Waals surface area contributed by atoms with E-state index in [4.69, 9.17) is 9.47 Å². The molecule has 1 unspecified atom stereocenters. The molecule has 0 spiro atoms. The third kappa shape index (κ3) is 2.82. The van der Waals surface area contributed by atoms with E-state index in [2.05, 4.69) is 0 Å². The molecule has 1 atom stereocenters. The second-order valence-corrected chi connectivity index (χ2v) is 2.45. The van der Waals surface area contributed by atoms with E-state index in [9.17, 15) is 4.79 Å². The zero-order valence-corrected chi connectivity index (χ0v) is 6.72. The van der Waals surface area contributed by atoms with Crippen LogP contribution >= 0.6 is 0 Å². The van der Waals surface area contributed by atoms with E-state index in [-0.39, 0.29) is 0 Å². The van der Waals surface area contributed by atoms with Crippen molar-refractivity contribution in [2.45, 2.75) is 25.9 Å². The summed E-state index contributed by atoms with van der Waals surface area (Å²) in [7, 11) is 1.59. The van der Waals surface area contributed by atoms with Crippen molar-refractivity contribution in [2.24, 2.45) is 0 Å². The van der Waals surface area contributed by atoms with Gasteiger partial charge in [-0.1, -0.05) is 6.92 Å². The topological polar surface area (TPSA) is 35.5 Å². The summed E-state index contributed by atoms with van der Waals surface area (Å²) in [6.45, 7) is 4.69. The van der Waals surface area contributed by atoms with Gasteiger partial charge in [0.05, 0.1) is 6.61 Å². The summed E-state index contributed by atoms with van der Waals surface area (Å²) in [4.78, 5) is 9.98. The van der Waals surface area contributed by atoms with Crippen molar-refractivity contribution >= 4 is 6.47 Å². The number of carbonyl (C=O) groups is 1. The summed E-state index contributed by atoms with van der Waals surface area (Å²) in [5.41, 5.74) is -0.448. The predicted molar refractivity (Wildman–Crippen MR) is 37.7 cm³/mol. The molecule has 0 aliphatic rings. The lowest BCUT2D eigenvalue weighted by Gasteiger charge is -2.24. The maximum atomic E-state index is 9.98. The molecule has 0 aliphatic carbocycles. The third-order valence-corrected chi connectivity index (χ3v) is 1.53. The van der Waals surface area contributed by atoms with Gasteiger partial charge in [-0.05, 0) is 13.3 Å². The van der Waals surface area contributed by atoms with Gasteiger partial charge in [-0.3, -0.25) is 4.79 Å². The first-order chi connectivity index (χ1) is 4.68. The smallest absolute Gasteiger partial charge is 0.293 e. The fourth-order valence-electron chi connectivity index (χ4n) is 0.641. The molecule has 0 aromatic heterocycles. The summed E-state index contributed by atoms with van der Waals surface area (Å²) < 4.78 is 9.68. The van der Waals surface area contributed by atoms with Crippen LogP contribution in [0, 0.1) is 0 Å². The van der Waals surface area contributed by atoms with Gasteiger partial charge in [0.2, 0.25) is 0 Å². The van der Waals surface area contributed by atoms with Gasteiger partial charge in [-0.25, -0.2) is 0 Å². The van der Waals surface area contributed by atoms with E-state index in [1.54, 1.807) is 7.11 Å². The molecular formula is C7H14O3. The second kappa shape index (κ2) is 4.28. The van der Waals surface area contributed by atoms with Crippen LogP contribution in [0.2, 0.25) is 0 Å². The largest absolute Gasteiger partial charge is 0.459 e. The molecule has 10 heavy (non-hydrogen) atoms. The number of hydrogen-bond donors (Lipinski definition) is 0. The van der Waals surface area contributed by atoms with E-state index in [1.807, 2.05) is 13.8 Å². The number of ether oxygens (including phenoxy) is 2. The maximum absolute atomic E-state index is 9.98. The molecule has 0 rings (SSSR count). The lowest BCUT2D eigenvalue weighted by molar-refractivity contribution is -0.147. The Balaban J connectivity index is 3.80. The zero-order valence-electron chi connectivity index (χ0n) is 6.72. The van der Waals surface area contributed by atoms with Crippen molar-refractivity contribution in [3.05, 3.63) is 0 Å². The summed E-state index contributed by atoms with van der Waals surface area (Å²) in [6, 6.07) is 0. The van der Waals surface area contributed by atoms with Crippen LogP contribution in [-0.4, -0.2) is 25.8 Å². The molecule has 3 heteroatoms. The Bertz CT molecular complexity index is 103. The fourth-order valence-corrected chi connectivity index (χ4v) is 0.641. The molecule has 3 nitrogen and oxygen atoms in total. The normalized spacial score (nSPS) is 15.9. The molecule has 0 bridgehead atoms. The summed E-state index contributed by atoms with van der Waals surface area (Å²) in [5, 5.41) is 0. The SMILES string of the molecule is CCC(C)(COC)OC=O. The standard InChI is InChI=1S/C7H14O3/c1-4-7(2,5-9-3)10-6-8/h6H,4-5H2,1-3H3. The Morgan fingerprint density at radius 2 is 2.20 bits per heavy atom. The van der Waals surface area contributed by atoms with Crippen LogP contribution in [0.15, 0.2) is 0 Å². The van der Waals surface area contributed by atoms with Gasteiger partial charge < -0.3 is 9.47 Å². The third-order valence-electron chi connectivity index (χ3n) is 1.53. The summed E-state index contributed by atoms with van der Waals surface area (Å²) in [6.07, 6.45) is 0.763. The van der Waals surface area contributed by atoms with Gasteiger partial charge >= 0.3 is 0 Å². The number of carbonyl (C=O) groups excluding carboxylic acids is 1. The van der Waals surface area contributed by atoms with Crippen LogP contribution < -0.4 is 0 Å². The molecule has 0 aromatic carbocycles. The van der Waals surface area contributed by atoms with Crippen molar-refractivity contribution in [2.75, 3.05) is 13.7 Å². The lowest BCUT2D eigenvalue weighted by atomic mass is 10.1. The first-order valence-corrected chi connectivity index (χ1v) is 3.29. The molecule has 0 amide bonds. The van der Waals surface area contributed by atoms with Crippen LogP contribution in [0.1, 0.15) is 20.3 Å². The highest BCUT2D eigenvalue weighted by Crippen LogP contribution is 2.13. The Morgan fingerprint density at radius 1 is 1.60 bits per heavy atom. The van der Waals surface area contributed by atoms with Gasteiger partial charge in [0, 0.05) is 7.11 Å². The van der Waals surface area contributed by atoms with Crippen molar-refractivity contribution in [1.29, 1.82) is 0 Å². The molecular weight excluding hydrogens is 132 g/mol. The minimum Gasteiger partial charge on any atom is -0.459 e. The van der Waals surface area contributed by atoms with Crippen LogP contribution in [-0.2, 0) is 14.3 Å². The van der Waals surface area contributed by atoms with E-state index < -0.39 is 5.60 Å². The molecule has 0 aliphatic heterocycles. The Hall–Kier alpha value is -0.570. The van der Waals surface area contributed by atoms with Crippen molar-refractivity contribution in [1.82, 2.24) is 0 Å². The monoisotopic (exact) mass is 146 g/mol. The molecule has 60 valence electrons. The molecule has 0 radical (unpaired) electrons.